The molecule has 2 aromatic rings. The van der Waals surface area contributed by atoms with Gasteiger partial charge < -0.3 is 14.2 Å². The Labute approximate surface area is 144 Å². The Bertz CT molecular complexity index is 756. The Balaban J connectivity index is 1.53. The molecule has 1 saturated carbocycles. The molecule has 3 heterocycles. The van der Waals surface area contributed by atoms with Gasteiger partial charge in [-0.2, -0.15) is 4.98 Å². The number of rotatable bonds is 4. The molecule has 0 radical (unpaired) electrons. The number of aryl methyl sites for hydroxylation is 2. The molecule has 0 bridgehead atoms. The fraction of sp³-hybridized carbons (Fsp3) is 0.588. The van der Waals surface area contributed by atoms with Crippen molar-refractivity contribution in [2.45, 2.75) is 44.8 Å². The van der Waals surface area contributed by atoms with Crippen molar-refractivity contribution in [1.29, 1.82) is 0 Å². The Morgan fingerprint density at radius 3 is 2.88 bits per heavy atom. The molecule has 2 aliphatic rings. The normalized spacial score (nSPS) is 29.2. The lowest BCUT2D eigenvalue weighted by Gasteiger charge is -2.21. The van der Waals surface area contributed by atoms with Gasteiger partial charge in [-0.25, -0.2) is 0 Å². The van der Waals surface area contributed by atoms with Crippen molar-refractivity contribution in [3.63, 3.8) is 0 Å². The smallest absolute Gasteiger partial charge is 0.249 e. The van der Waals surface area contributed by atoms with Crippen molar-refractivity contribution in [3.05, 3.63) is 33.6 Å². The molecule has 128 valence electrons. The van der Waals surface area contributed by atoms with Crippen molar-refractivity contribution >= 4 is 17.2 Å². The highest BCUT2D eigenvalue weighted by atomic mass is 32.1. The van der Waals surface area contributed by atoms with E-state index in [1.807, 2.05) is 4.90 Å². The first-order valence-corrected chi connectivity index (χ1v) is 9.14. The van der Waals surface area contributed by atoms with E-state index in [4.69, 9.17) is 9.26 Å². The molecule has 24 heavy (non-hydrogen) atoms. The first-order valence-electron chi connectivity index (χ1n) is 8.26. The molecule has 1 aliphatic heterocycles. The van der Waals surface area contributed by atoms with Gasteiger partial charge >= 0.3 is 0 Å². The minimum atomic E-state index is -0.172. The standard InChI is InChI=1S/C17H21N3O3S/c1-9-4-5-24-15(9)12-7-13(12)17(21)20-8-11(22-3)6-14(20)16-18-10(2)19-23-16/h4-5,11-14H,6-8H2,1-3H3/t11-,12?,13?,14+/m0/s1. The quantitative estimate of drug-likeness (QED) is 0.851. The Hall–Kier alpha value is -1.73. The fourth-order valence-electron chi connectivity index (χ4n) is 3.63. The largest absolute Gasteiger partial charge is 0.380 e. The molecule has 0 N–H and O–H groups in total. The number of carbonyl (C=O) groups excluding carboxylic acids is 1. The van der Waals surface area contributed by atoms with Gasteiger partial charge in [-0.15, -0.1) is 11.3 Å². The lowest BCUT2D eigenvalue weighted by atomic mass is 10.1. The second-order valence-corrected chi connectivity index (χ2v) is 7.64. The zero-order valence-corrected chi connectivity index (χ0v) is 14.9. The van der Waals surface area contributed by atoms with Gasteiger partial charge in [0.15, 0.2) is 5.82 Å². The molecule has 1 aliphatic carbocycles. The molecule has 7 heteroatoms. The number of hydrogen-bond donors (Lipinski definition) is 0. The molecule has 6 nitrogen and oxygen atoms in total. The van der Waals surface area contributed by atoms with Gasteiger partial charge in [0.2, 0.25) is 11.8 Å². The van der Waals surface area contributed by atoms with Crippen molar-refractivity contribution in [2.75, 3.05) is 13.7 Å². The van der Waals surface area contributed by atoms with E-state index < -0.39 is 0 Å². The first kappa shape index (κ1) is 15.8. The number of aromatic nitrogens is 2. The summed E-state index contributed by atoms with van der Waals surface area (Å²) in [6.45, 7) is 4.50. The van der Waals surface area contributed by atoms with Crippen LogP contribution < -0.4 is 0 Å². The topological polar surface area (TPSA) is 68.5 Å². The second kappa shape index (κ2) is 5.97. The third-order valence-electron chi connectivity index (χ3n) is 5.05. The number of likely N-dealkylation sites (tertiary alicyclic amines) is 1. The van der Waals surface area contributed by atoms with E-state index in [1.165, 1.54) is 10.4 Å². The average molecular weight is 347 g/mol. The lowest BCUT2D eigenvalue weighted by molar-refractivity contribution is -0.134. The average Bonchev–Trinajstić information content (AvgIpc) is 2.92. The lowest BCUT2D eigenvalue weighted by Crippen LogP contribution is -2.33. The van der Waals surface area contributed by atoms with Crippen LogP contribution in [-0.2, 0) is 9.53 Å². The zero-order chi connectivity index (χ0) is 16.8. The van der Waals surface area contributed by atoms with Crippen LogP contribution in [0.25, 0.3) is 0 Å². The third-order valence-corrected chi connectivity index (χ3v) is 6.20. The number of methoxy groups -OCH3 is 1. The number of carbonyl (C=O) groups is 1. The van der Waals surface area contributed by atoms with E-state index in [-0.39, 0.29) is 24.0 Å². The predicted molar refractivity (Wildman–Crippen MR) is 88.8 cm³/mol. The molecular formula is C17H21N3O3S. The number of amides is 1. The van der Waals surface area contributed by atoms with Crippen LogP contribution in [0.1, 0.15) is 47.0 Å². The van der Waals surface area contributed by atoms with Crippen LogP contribution in [0.4, 0.5) is 0 Å². The highest BCUT2D eigenvalue weighted by Gasteiger charge is 2.50. The monoisotopic (exact) mass is 347 g/mol. The van der Waals surface area contributed by atoms with Crippen LogP contribution in [0.15, 0.2) is 16.0 Å². The maximum absolute atomic E-state index is 13.1. The van der Waals surface area contributed by atoms with E-state index in [0.717, 1.165) is 6.42 Å². The Morgan fingerprint density at radius 2 is 2.25 bits per heavy atom. The van der Waals surface area contributed by atoms with Crippen LogP contribution in [0.2, 0.25) is 0 Å². The van der Waals surface area contributed by atoms with Crippen LogP contribution in [0.3, 0.4) is 0 Å². The Kier molecular flexibility index (Phi) is 3.92. The molecule has 1 amide bonds. The van der Waals surface area contributed by atoms with Crippen molar-refractivity contribution < 1.29 is 14.1 Å². The Morgan fingerprint density at radius 1 is 1.42 bits per heavy atom. The van der Waals surface area contributed by atoms with Crippen molar-refractivity contribution in [2.24, 2.45) is 5.92 Å². The summed E-state index contributed by atoms with van der Waals surface area (Å²) in [4.78, 5) is 20.6. The van der Waals surface area contributed by atoms with E-state index >= 15 is 0 Å². The summed E-state index contributed by atoms with van der Waals surface area (Å²) in [7, 11) is 1.68. The maximum Gasteiger partial charge on any atom is 0.249 e. The van der Waals surface area contributed by atoms with Gasteiger partial charge in [0.05, 0.1) is 6.10 Å². The van der Waals surface area contributed by atoms with Crippen molar-refractivity contribution in [1.82, 2.24) is 15.0 Å². The fourth-order valence-corrected chi connectivity index (χ4v) is 4.74. The summed E-state index contributed by atoms with van der Waals surface area (Å²) in [5.74, 6) is 1.74. The SMILES string of the molecule is CO[C@H]1C[C@H](c2nc(C)no2)N(C(=O)C2CC2c2sccc2C)C1. The maximum atomic E-state index is 13.1. The van der Waals surface area contributed by atoms with E-state index in [0.29, 0.717) is 30.6 Å². The number of hydrogen-bond acceptors (Lipinski definition) is 6. The van der Waals surface area contributed by atoms with Crippen LogP contribution in [-0.4, -0.2) is 40.7 Å². The van der Waals surface area contributed by atoms with Crippen molar-refractivity contribution in [3.8, 4) is 0 Å². The molecule has 1 saturated heterocycles. The highest BCUT2D eigenvalue weighted by Crippen LogP contribution is 2.52. The molecule has 2 unspecified atom stereocenters. The molecule has 4 rings (SSSR count). The van der Waals surface area contributed by atoms with Gasteiger partial charge in [-0.3, -0.25) is 4.79 Å². The molecule has 0 aromatic carbocycles. The number of ether oxygens (including phenoxy) is 1. The van der Waals surface area contributed by atoms with Gasteiger partial charge in [0.25, 0.3) is 0 Å². The summed E-state index contributed by atoms with van der Waals surface area (Å²) in [6.07, 6.45) is 1.66. The predicted octanol–water partition coefficient (Wildman–Crippen LogP) is 2.84. The first-order chi connectivity index (χ1) is 11.6. The van der Waals surface area contributed by atoms with Crippen LogP contribution in [0.5, 0.6) is 0 Å². The third kappa shape index (κ3) is 2.65. The van der Waals surface area contributed by atoms with Gasteiger partial charge in [-0.1, -0.05) is 5.16 Å². The zero-order valence-electron chi connectivity index (χ0n) is 14.1. The molecular weight excluding hydrogens is 326 g/mol. The van der Waals surface area contributed by atoms with Gasteiger partial charge in [-0.05, 0) is 37.3 Å². The summed E-state index contributed by atoms with van der Waals surface area (Å²) in [6, 6.07) is 1.95. The van der Waals surface area contributed by atoms with Gasteiger partial charge in [0, 0.05) is 36.8 Å². The number of nitrogens with zero attached hydrogens (tertiary/aromatic N) is 3. The number of thiophene rings is 1. The summed E-state index contributed by atoms with van der Waals surface area (Å²) >= 11 is 1.75. The van der Waals surface area contributed by atoms with E-state index in [1.54, 1.807) is 25.4 Å². The minimum absolute atomic E-state index is 0.0202. The summed E-state index contributed by atoms with van der Waals surface area (Å²) < 4.78 is 10.8. The molecule has 0 spiro atoms. The minimum Gasteiger partial charge on any atom is -0.380 e. The summed E-state index contributed by atoms with van der Waals surface area (Å²) in [5, 5.41) is 5.97. The highest BCUT2D eigenvalue weighted by molar-refractivity contribution is 7.10. The van der Waals surface area contributed by atoms with E-state index in [2.05, 4.69) is 28.5 Å². The van der Waals surface area contributed by atoms with Crippen LogP contribution in [0, 0.1) is 19.8 Å². The molecule has 2 fully saturated rings. The van der Waals surface area contributed by atoms with E-state index in [9.17, 15) is 4.79 Å². The summed E-state index contributed by atoms with van der Waals surface area (Å²) in [5.41, 5.74) is 1.29. The van der Waals surface area contributed by atoms with Crippen LogP contribution >= 0.6 is 11.3 Å². The molecule has 2 aromatic heterocycles. The second-order valence-electron chi connectivity index (χ2n) is 6.70. The molecule has 4 atom stereocenters. The van der Waals surface area contributed by atoms with Gasteiger partial charge in [0.1, 0.15) is 6.04 Å².